The zero-order valence-corrected chi connectivity index (χ0v) is 11.6. The Hall–Kier alpha value is -0.710. The number of hydrogen-bond donors (Lipinski definition) is 2. The van der Waals surface area contributed by atoms with Crippen molar-refractivity contribution in [1.29, 1.82) is 0 Å². The van der Waals surface area contributed by atoms with E-state index in [2.05, 4.69) is 0 Å². The van der Waals surface area contributed by atoms with Crippen molar-refractivity contribution < 1.29 is 9.84 Å². The van der Waals surface area contributed by atoms with Crippen LogP contribution in [0.2, 0.25) is 0 Å². The molecular weight excluding hydrogens is 234 g/mol. The highest BCUT2D eigenvalue weighted by molar-refractivity contribution is 8.00. The van der Waals surface area contributed by atoms with Crippen LogP contribution in [-0.4, -0.2) is 23.6 Å². The minimum atomic E-state index is -0.355. The quantitative estimate of drug-likeness (QED) is 0.794. The molecule has 0 saturated carbocycles. The molecule has 0 aromatic heterocycles. The third kappa shape index (κ3) is 3.63. The predicted molar refractivity (Wildman–Crippen MR) is 72.6 cm³/mol. The van der Waals surface area contributed by atoms with Gasteiger partial charge in [0.15, 0.2) is 0 Å². The fourth-order valence-electron chi connectivity index (χ4n) is 1.55. The number of nitrogens with two attached hydrogens (primary N) is 1. The third-order valence-corrected chi connectivity index (χ3v) is 4.07. The SMILES string of the molecule is COc1cccc(SC(C)C(C)O)c1C(C)N. The zero-order chi connectivity index (χ0) is 13.0. The Bertz CT molecular complexity index is 366. The molecule has 0 saturated heterocycles. The summed E-state index contributed by atoms with van der Waals surface area (Å²) >= 11 is 1.63. The van der Waals surface area contributed by atoms with E-state index in [1.54, 1.807) is 25.8 Å². The molecule has 0 aliphatic heterocycles. The number of aliphatic hydroxyl groups excluding tert-OH is 1. The predicted octanol–water partition coefficient (Wildman–Crippen LogP) is 2.58. The van der Waals surface area contributed by atoms with Crippen LogP contribution in [0.1, 0.15) is 32.4 Å². The third-order valence-electron chi connectivity index (χ3n) is 2.69. The summed E-state index contributed by atoms with van der Waals surface area (Å²) in [6.07, 6.45) is -0.355. The normalized spacial score (nSPS) is 16.4. The number of aliphatic hydroxyl groups is 1. The molecule has 3 nitrogen and oxygen atoms in total. The fourth-order valence-corrected chi connectivity index (χ4v) is 2.72. The van der Waals surface area contributed by atoms with Gasteiger partial charge in [0.2, 0.25) is 0 Å². The smallest absolute Gasteiger partial charge is 0.124 e. The summed E-state index contributed by atoms with van der Waals surface area (Å²) < 4.78 is 5.33. The van der Waals surface area contributed by atoms with Crippen LogP contribution in [0, 0.1) is 0 Å². The summed E-state index contributed by atoms with van der Waals surface area (Å²) in [5.74, 6) is 0.808. The monoisotopic (exact) mass is 255 g/mol. The van der Waals surface area contributed by atoms with Crippen LogP contribution in [0.25, 0.3) is 0 Å². The van der Waals surface area contributed by atoms with E-state index in [9.17, 15) is 5.11 Å². The Labute approximate surface area is 107 Å². The summed E-state index contributed by atoms with van der Waals surface area (Å²) in [7, 11) is 1.65. The molecule has 0 aliphatic carbocycles. The molecule has 1 aromatic carbocycles. The summed E-state index contributed by atoms with van der Waals surface area (Å²) in [6, 6.07) is 5.79. The number of ether oxygens (including phenoxy) is 1. The van der Waals surface area contributed by atoms with Crippen LogP contribution in [0.5, 0.6) is 5.75 Å². The molecule has 96 valence electrons. The maximum absolute atomic E-state index is 9.55. The molecule has 3 N–H and O–H groups in total. The first-order valence-corrected chi connectivity index (χ1v) is 6.62. The van der Waals surface area contributed by atoms with Gasteiger partial charge in [0.1, 0.15) is 5.75 Å². The molecule has 4 heteroatoms. The zero-order valence-electron chi connectivity index (χ0n) is 10.8. The van der Waals surface area contributed by atoms with Gasteiger partial charge in [-0.2, -0.15) is 0 Å². The molecule has 1 rings (SSSR count). The molecule has 1 aromatic rings. The second-order valence-electron chi connectivity index (χ2n) is 4.22. The van der Waals surface area contributed by atoms with Gasteiger partial charge in [-0.3, -0.25) is 0 Å². The maximum Gasteiger partial charge on any atom is 0.124 e. The van der Waals surface area contributed by atoms with E-state index in [-0.39, 0.29) is 17.4 Å². The van der Waals surface area contributed by atoms with Crippen LogP contribution in [0.3, 0.4) is 0 Å². The van der Waals surface area contributed by atoms with Crippen LogP contribution in [0.4, 0.5) is 0 Å². The van der Waals surface area contributed by atoms with Gasteiger partial charge in [0, 0.05) is 21.8 Å². The highest BCUT2D eigenvalue weighted by Gasteiger charge is 2.17. The Balaban J connectivity index is 3.06. The van der Waals surface area contributed by atoms with Crippen molar-refractivity contribution in [3.8, 4) is 5.75 Å². The molecule has 0 radical (unpaired) electrons. The lowest BCUT2D eigenvalue weighted by Crippen LogP contribution is -2.16. The molecule has 17 heavy (non-hydrogen) atoms. The van der Waals surface area contributed by atoms with Gasteiger partial charge in [-0.15, -0.1) is 11.8 Å². The van der Waals surface area contributed by atoms with E-state index >= 15 is 0 Å². The molecular formula is C13H21NO2S. The lowest BCUT2D eigenvalue weighted by molar-refractivity contribution is 0.196. The van der Waals surface area contributed by atoms with Gasteiger partial charge >= 0.3 is 0 Å². The number of benzene rings is 1. The van der Waals surface area contributed by atoms with Crippen molar-refractivity contribution in [2.24, 2.45) is 5.73 Å². The van der Waals surface area contributed by atoms with Gasteiger partial charge < -0.3 is 15.6 Å². The molecule has 0 spiro atoms. The number of rotatable bonds is 5. The van der Waals surface area contributed by atoms with Crippen molar-refractivity contribution in [3.63, 3.8) is 0 Å². The summed E-state index contributed by atoms with van der Waals surface area (Å²) in [5, 5.41) is 9.68. The molecule has 0 aliphatic rings. The Morgan fingerprint density at radius 2 is 1.94 bits per heavy atom. The topological polar surface area (TPSA) is 55.5 Å². The van der Waals surface area contributed by atoms with Gasteiger partial charge in [-0.1, -0.05) is 13.0 Å². The molecule has 3 atom stereocenters. The minimum absolute atomic E-state index is 0.0881. The minimum Gasteiger partial charge on any atom is -0.496 e. The van der Waals surface area contributed by atoms with E-state index in [0.29, 0.717) is 0 Å². The molecule has 0 amide bonds. The molecule has 0 heterocycles. The Morgan fingerprint density at radius 3 is 2.41 bits per heavy atom. The van der Waals surface area contributed by atoms with Crippen molar-refractivity contribution in [3.05, 3.63) is 23.8 Å². The van der Waals surface area contributed by atoms with Crippen molar-refractivity contribution >= 4 is 11.8 Å². The first kappa shape index (κ1) is 14.4. The fraction of sp³-hybridized carbons (Fsp3) is 0.538. The van der Waals surface area contributed by atoms with Crippen LogP contribution in [0.15, 0.2) is 23.1 Å². The van der Waals surface area contributed by atoms with Gasteiger partial charge in [-0.05, 0) is 26.0 Å². The van der Waals surface area contributed by atoms with E-state index in [4.69, 9.17) is 10.5 Å². The van der Waals surface area contributed by atoms with Gasteiger partial charge in [-0.25, -0.2) is 0 Å². The van der Waals surface area contributed by atoms with E-state index in [0.717, 1.165) is 16.2 Å². The largest absolute Gasteiger partial charge is 0.496 e. The van der Waals surface area contributed by atoms with Crippen molar-refractivity contribution in [1.82, 2.24) is 0 Å². The standard InChI is InChI=1S/C13H21NO2S/c1-8(14)13-11(16-4)6-5-7-12(13)17-10(3)9(2)15/h5-10,15H,14H2,1-4H3. The Morgan fingerprint density at radius 1 is 1.29 bits per heavy atom. The molecule has 0 bridgehead atoms. The van der Waals surface area contributed by atoms with Gasteiger partial charge in [0.25, 0.3) is 0 Å². The average Bonchev–Trinajstić information content (AvgIpc) is 2.27. The number of hydrogen-bond acceptors (Lipinski definition) is 4. The first-order chi connectivity index (χ1) is 7.97. The van der Waals surface area contributed by atoms with Crippen LogP contribution >= 0.6 is 11.8 Å². The van der Waals surface area contributed by atoms with E-state index in [1.165, 1.54) is 0 Å². The molecule has 0 fully saturated rings. The summed E-state index contributed by atoms with van der Waals surface area (Å²) in [6.45, 7) is 5.73. The summed E-state index contributed by atoms with van der Waals surface area (Å²) in [4.78, 5) is 1.08. The maximum atomic E-state index is 9.55. The highest BCUT2D eigenvalue weighted by Crippen LogP contribution is 2.36. The second-order valence-corrected chi connectivity index (χ2v) is 5.64. The van der Waals surface area contributed by atoms with E-state index < -0.39 is 0 Å². The Kier molecular flexibility index (Phi) is 5.31. The first-order valence-electron chi connectivity index (χ1n) is 5.74. The van der Waals surface area contributed by atoms with Gasteiger partial charge in [0.05, 0.1) is 13.2 Å². The van der Waals surface area contributed by atoms with Crippen molar-refractivity contribution in [2.75, 3.05) is 7.11 Å². The van der Waals surface area contributed by atoms with Crippen LogP contribution in [-0.2, 0) is 0 Å². The summed E-state index contributed by atoms with van der Waals surface area (Å²) in [5.41, 5.74) is 6.99. The average molecular weight is 255 g/mol. The number of methoxy groups -OCH3 is 1. The lowest BCUT2D eigenvalue weighted by Gasteiger charge is -2.20. The molecule has 3 unspecified atom stereocenters. The van der Waals surface area contributed by atoms with Crippen LogP contribution < -0.4 is 10.5 Å². The lowest BCUT2D eigenvalue weighted by atomic mass is 10.1. The van der Waals surface area contributed by atoms with Crippen molar-refractivity contribution in [2.45, 2.75) is 43.1 Å². The number of thioether (sulfide) groups is 1. The highest BCUT2D eigenvalue weighted by atomic mass is 32.2. The van der Waals surface area contributed by atoms with E-state index in [1.807, 2.05) is 32.0 Å². The second kappa shape index (κ2) is 6.28.